The summed E-state index contributed by atoms with van der Waals surface area (Å²) in [5, 5.41) is 10.9. The van der Waals surface area contributed by atoms with E-state index in [9.17, 15) is 9.59 Å². The second-order valence-corrected chi connectivity index (χ2v) is 6.28. The summed E-state index contributed by atoms with van der Waals surface area (Å²) in [5.41, 5.74) is 1.02. The maximum atomic E-state index is 12.4. The minimum atomic E-state index is -0.427. The summed E-state index contributed by atoms with van der Waals surface area (Å²) in [4.78, 5) is 30.4. The molecule has 0 aliphatic heterocycles. The van der Waals surface area contributed by atoms with Crippen LogP contribution in [0.25, 0.3) is 5.82 Å². The SMILES string of the molecule is CCN(CC)C(=O)c1ccc(NC(=O)c2ccc(-n3ccnc3)nn2)cc1Cl. The zero-order valence-corrected chi connectivity index (χ0v) is 16.2. The second kappa shape index (κ2) is 8.62. The topological polar surface area (TPSA) is 93.0 Å². The van der Waals surface area contributed by atoms with E-state index in [-0.39, 0.29) is 16.6 Å². The van der Waals surface area contributed by atoms with Crippen molar-refractivity contribution < 1.29 is 9.59 Å². The molecule has 3 aromatic rings. The highest BCUT2D eigenvalue weighted by molar-refractivity contribution is 6.34. The lowest BCUT2D eigenvalue weighted by Gasteiger charge is -2.19. The molecule has 0 saturated carbocycles. The van der Waals surface area contributed by atoms with Crippen molar-refractivity contribution >= 4 is 29.1 Å². The van der Waals surface area contributed by atoms with Gasteiger partial charge < -0.3 is 10.2 Å². The van der Waals surface area contributed by atoms with Crippen molar-refractivity contribution in [3.05, 3.63) is 65.3 Å². The van der Waals surface area contributed by atoms with Gasteiger partial charge in [0, 0.05) is 31.2 Å². The highest BCUT2D eigenvalue weighted by Gasteiger charge is 2.17. The molecule has 1 aromatic carbocycles. The molecule has 2 heterocycles. The quantitative estimate of drug-likeness (QED) is 0.688. The predicted molar refractivity (Wildman–Crippen MR) is 106 cm³/mol. The smallest absolute Gasteiger partial charge is 0.276 e. The van der Waals surface area contributed by atoms with Gasteiger partial charge in [-0.1, -0.05) is 11.6 Å². The number of halogens is 1. The highest BCUT2D eigenvalue weighted by atomic mass is 35.5. The summed E-state index contributed by atoms with van der Waals surface area (Å²) >= 11 is 6.25. The van der Waals surface area contributed by atoms with Gasteiger partial charge in [-0.25, -0.2) is 4.98 Å². The third kappa shape index (κ3) is 4.17. The number of amides is 2. The Hall–Kier alpha value is -3.26. The van der Waals surface area contributed by atoms with Crippen LogP contribution in [0.1, 0.15) is 34.7 Å². The van der Waals surface area contributed by atoms with Gasteiger partial charge in [0.05, 0.1) is 10.6 Å². The summed E-state index contributed by atoms with van der Waals surface area (Å²) in [6.07, 6.45) is 4.94. The Kier molecular flexibility index (Phi) is 6.00. The normalized spacial score (nSPS) is 10.5. The summed E-state index contributed by atoms with van der Waals surface area (Å²) < 4.78 is 1.68. The lowest BCUT2D eigenvalue weighted by atomic mass is 10.1. The van der Waals surface area contributed by atoms with Crippen molar-refractivity contribution in [2.24, 2.45) is 0 Å². The van der Waals surface area contributed by atoms with Crippen LogP contribution in [0.2, 0.25) is 5.02 Å². The van der Waals surface area contributed by atoms with Crippen LogP contribution in [0.15, 0.2) is 49.1 Å². The number of carbonyl (C=O) groups excluding carboxylic acids is 2. The van der Waals surface area contributed by atoms with Crippen LogP contribution in [-0.4, -0.2) is 49.6 Å². The van der Waals surface area contributed by atoms with Gasteiger partial charge in [-0.05, 0) is 44.2 Å². The number of hydrogen-bond donors (Lipinski definition) is 1. The van der Waals surface area contributed by atoms with Crippen LogP contribution in [0, 0.1) is 0 Å². The van der Waals surface area contributed by atoms with Crippen LogP contribution in [-0.2, 0) is 0 Å². The summed E-state index contributed by atoms with van der Waals surface area (Å²) in [7, 11) is 0. The Morgan fingerprint density at radius 3 is 2.50 bits per heavy atom. The number of nitrogens with one attached hydrogen (secondary N) is 1. The Bertz CT molecular complexity index is 969. The fourth-order valence-electron chi connectivity index (χ4n) is 2.62. The molecule has 0 saturated heterocycles. The van der Waals surface area contributed by atoms with Gasteiger partial charge >= 0.3 is 0 Å². The van der Waals surface area contributed by atoms with Crippen LogP contribution < -0.4 is 5.32 Å². The summed E-state index contributed by atoms with van der Waals surface area (Å²) in [6.45, 7) is 5.00. The Balaban J connectivity index is 1.72. The third-order valence-electron chi connectivity index (χ3n) is 4.16. The first-order chi connectivity index (χ1) is 13.5. The predicted octanol–water partition coefficient (Wildman–Crippen LogP) is 3.05. The largest absolute Gasteiger partial charge is 0.339 e. The van der Waals surface area contributed by atoms with E-state index in [4.69, 9.17) is 11.6 Å². The fraction of sp³-hybridized carbons (Fsp3) is 0.211. The van der Waals surface area contributed by atoms with Gasteiger partial charge in [-0.15, -0.1) is 10.2 Å². The molecule has 0 radical (unpaired) electrons. The van der Waals surface area contributed by atoms with E-state index in [0.717, 1.165) is 0 Å². The van der Waals surface area contributed by atoms with Crippen molar-refractivity contribution in [2.45, 2.75) is 13.8 Å². The highest BCUT2D eigenvalue weighted by Crippen LogP contribution is 2.23. The third-order valence-corrected chi connectivity index (χ3v) is 4.47. The minimum absolute atomic E-state index is 0.145. The zero-order chi connectivity index (χ0) is 20.1. The van der Waals surface area contributed by atoms with Crippen molar-refractivity contribution in [2.75, 3.05) is 18.4 Å². The monoisotopic (exact) mass is 398 g/mol. The number of carbonyl (C=O) groups is 2. The number of nitrogens with zero attached hydrogens (tertiary/aromatic N) is 5. The average Bonchev–Trinajstić information content (AvgIpc) is 3.24. The van der Waals surface area contributed by atoms with Crippen molar-refractivity contribution in [3.8, 4) is 5.82 Å². The minimum Gasteiger partial charge on any atom is -0.339 e. The van der Waals surface area contributed by atoms with Crippen LogP contribution >= 0.6 is 11.6 Å². The van der Waals surface area contributed by atoms with Gasteiger partial charge in [-0.3, -0.25) is 14.2 Å². The Morgan fingerprint density at radius 2 is 1.93 bits per heavy atom. The lowest BCUT2D eigenvalue weighted by molar-refractivity contribution is 0.0773. The molecule has 1 N–H and O–H groups in total. The molecule has 3 rings (SSSR count). The molecule has 8 nitrogen and oxygen atoms in total. The second-order valence-electron chi connectivity index (χ2n) is 5.87. The van der Waals surface area contributed by atoms with Gasteiger partial charge in [0.15, 0.2) is 11.5 Å². The van der Waals surface area contributed by atoms with E-state index < -0.39 is 5.91 Å². The molecule has 2 amide bonds. The maximum absolute atomic E-state index is 12.4. The van der Waals surface area contributed by atoms with E-state index >= 15 is 0 Å². The molecule has 9 heteroatoms. The number of aromatic nitrogens is 4. The van der Waals surface area contributed by atoms with Crippen molar-refractivity contribution in [1.29, 1.82) is 0 Å². The first-order valence-corrected chi connectivity index (χ1v) is 9.13. The van der Waals surface area contributed by atoms with Gasteiger partial charge in [-0.2, -0.15) is 0 Å². The molecule has 0 aliphatic carbocycles. The van der Waals surface area contributed by atoms with Gasteiger partial charge in [0.25, 0.3) is 11.8 Å². The maximum Gasteiger partial charge on any atom is 0.276 e. The van der Waals surface area contributed by atoms with Crippen LogP contribution in [0.5, 0.6) is 0 Å². The van der Waals surface area contributed by atoms with E-state index in [1.54, 1.807) is 58.5 Å². The first kappa shape index (κ1) is 19.5. The lowest BCUT2D eigenvalue weighted by Crippen LogP contribution is -2.30. The van der Waals surface area contributed by atoms with Crippen LogP contribution in [0.3, 0.4) is 0 Å². The molecule has 0 aliphatic rings. The fourth-order valence-corrected chi connectivity index (χ4v) is 2.88. The van der Waals surface area contributed by atoms with Gasteiger partial charge in [0.2, 0.25) is 0 Å². The van der Waals surface area contributed by atoms with Crippen LogP contribution in [0.4, 0.5) is 5.69 Å². The number of imidazole rings is 1. The van der Waals surface area contributed by atoms with E-state index in [1.165, 1.54) is 0 Å². The van der Waals surface area contributed by atoms with E-state index in [0.29, 0.717) is 30.2 Å². The number of anilines is 1. The molecule has 0 unspecified atom stereocenters. The molecule has 0 fully saturated rings. The number of benzene rings is 1. The molecule has 144 valence electrons. The molecule has 0 spiro atoms. The molecule has 0 bridgehead atoms. The van der Waals surface area contributed by atoms with Gasteiger partial charge in [0.1, 0.15) is 6.33 Å². The van der Waals surface area contributed by atoms with E-state index in [1.807, 2.05) is 13.8 Å². The molecular formula is C19H19ClN6O2. The molecule has 2 aromatic heterocycles. The Morgan fingerprint density at radius 1 is 1.14 bits per heavy atom. The summed E-state index contributed by atoms with van der Waals surface area (Å²) in [5.74, 6) is -0.0197. The summed E-state index contributed by atoms with van der Waals surface area (Å²) in [6, 6.07) is 8.02. The van der Waals surface area contributed by atoms with E-state index in [2.05, 4.69) is 20.5 Å². The molecular weight excluding hydrogens is 380 g/mol. The number of rotatable bonds is 6. The van der Waals surface area contributed by atoms with Crippen molar-refractivity contribution in [1.82, 2.24) is 24.6 Å². The number of hydrogen-bond acceptors (Lipinski definition) is 5. The molecule has 28 heavy (non-hydrogen) atoms. The Labute approximate surface area is 167 Å². The average molecular weight is 399 g/mol. The van der Waals surface area contributed by atoms with Crippen molar-refractivity contribution in [3.63, 3.8) is 0 Å². The standard InChI is InChI=1S/C19H19ClN6O2/c1-3-25(4-2)19(28)14-6-5-13(11-15(14)20)22-18(27)16-7-8-17(24-23-16)26-10-9-21-12-26/h5-12H,3-4H2,1-2H3,(H,22,27). The first-order valence-electron chi connectivity index (χ1n) is 8.75. The molecule has 0 atom stereocenters. The zero-order valence-electron chi connectivity index (χ0n) is 15.5.